The molecule has 0 spiro atoms. The smallest absolute Gasteiger partial charge is 0.221 e. The van der Waals surface area contributed by atoms with Crippen LogP contribution in [0, 0.1) is 5.92 Å². The molecule has 0 aliphatic heterocycles. The zero-order valence-corrected chi connectivity index (χ0v) is 9.98. The highest BCUT2D eigenvalue weighted by atomic mass is 35.5. The maximum Gasteiger partial charge on any atom is 0.221 e. The van der Waals surface area contributed by atoms with Crippen LogP contribution in [0.5, 0.6) is 0 Å². The topological polar surface area (TPSA) is 73.1 Å². The Morgan fingerprint density at radius 2 is 2.24 bits per heavy atom. The van der Waals surface area contributed by atoms with Crippen molar-refractivity contribution in [3.8, 4) is 0 Å². The molecule has 2 atom stereocenters. The largest absolute Gasteiger partial charge is 0.369 e. The van der Waals surface area contributed by atoms with E-state index in [-0.39, 0.29) is 23.5 Å². The molecule has 1 aromatic rings. The summed E-state index contributed by atoms with van der Waals surface area (Å²) in [5.41, 5.74) is 6.23. The van der Waals surface area contributed by atoms with Crippen LogP contribution in [0.1, 0.15) is 30.7 Å². The van der Waals surface area contributed by atoms with Gasteiger partial charge in [-0.2, -0.15) is 0 Å². The summed E-state index contributed by atoms with van der Waals surface area (Å²) >= 11 is 5.71. The SMILES string of the molecule is NC(=O)[C@@H]1CCC(=O)C[C@@H]1c1ccc(Cl)nc1. The normalized spacial score (nSPS) is 24.6. The molecule has 17 heavy (non-hydrogen) atoms. The zero-order chi connectivity index (χ0) is 12.4. The lowest BCUT2D eigenvalue weighted by molar-refractivity contribution is -0.127. The Labute approximate surface area is 104 Å². The predicted octanol–water partition coefficient (Wildman–Crippen LogP) is 1.67. The van der Waals surface area contributed by atoms with E-state index in [0.29, 0.717) is 24.4 Å². The molecule has 0 saturated heterocycles. The van der Waals surface area contributed by atoms with Crippen molar-refractivity contribution >= 4 is 23.3 Å². The number of hydrogen-bond donors (Lipinski definition) is 1. The van der Waals surface area contributed by atoms with Crippen LogP contribution in [0.2, 0.25) is 5.15 Å². The molecule has 1 heterocycles. The number of Topliss-reactive ketones (excluding diaryl/α,β-unsaturated/α-hetero) is 1. The minimum Gasteiger partial charge on any atom is -0.369 e. The van der Waals surface area contributed by atoms with Crippen LogP contribution in [-0.4, -0.2) is 16.7 Å². The van der Waals surface area contributed by atoms with Crippen LogP contribution in [0.4, 0.5) is 0 Å². The highest BCUT2D eigenvalue weighted by Crippen LogP contribution is 2.36. The number of rotatable bonds is 2. The van der Waals surface area contributed by atoms with E-state index in [1.165, 1.54) is 0 Å². The van der Waals surface area contributed by atoms with Crippen molar-refractivity contribution in [2.45, 2.75) is 25.2 Å². The lowest BCUT2D eigenvalue weighted by Crippen LogP contribution is -2.33. The average Bonchev–Trinajstić information content (AvgIpc) is 2.29. The molecule has 2 N–H and O–H groups in total. The Bertz CT molecular complexity index is 444. The van der Waals surface area contributed by atoms with Crippen LogP contribution in [0.15, 0.2) is 18.3 Å². The van der Waals surface area contributed by atoms with Gasteiger partial charge in [0.05, 0.1) is 0 Å². The summed E-state index contributed by atoms with van der Waals surface area (Å²) in [6.07, 6.45) is 2.94. The minimum atomic E-state index is -0.350. The highest BCUT2D eigenvalue weighted by Gasteiger charge is 2.34. The van der Waals surface area contributed by atoms with E-state index in [1.54, 1.807) is 18.3 Å². The van der Waals surface area contributed by atoms with Gasteiger partial charge in [-0.25, -0.2) is 4.98 Å². The summed E-state index contributed by atoms with van der Waals surface area (Å²) in [5.74, 6) is -0.617. The molecule has 1 aliphatic rings. The molecule has 1 aromatic heterocycles. The molecule has 1 amide bonds. The van der Waals surface area contributed by atoms with Crippen molar-refractivity contribution in [2.24, 2.45) is 11.7 Å². The van der Waals surface area contributed by atoms with Gasteiger partial charge >= 0.3 is 0 Å². The van der Waals surface area contributed by atoms with Crippen molar-refractivity contribution in [1.82, 2.24) is 4.98 Å². The minimum absolute atomic E-state index is 0.154. The van der Waals surface area contributed by atoms with Crippen molar-refractivity contribution in [2.75, 3.05) is 0 Å². The molecule has 0 bridgehead atoms. The number of ketones is 1. The Balaban J connectivity index is 2.28. The fourth-order valence-corrected chi connectivity index (χ4v) is 2.42. The number of carbonyl (C=O) groups is 2. The molecule has 0 aromatic carbocycles. The maximum absolute atomic E-state index is 11.5. The fraction of sp³-hybridized carbons (Fsp3) is 0.417. The summed E-state index contributed by atoms with van der Waals surface area (Å²) in [6, 6.07) is 3.46. The molecule has 1 saturated carbocycles. The first-order chi connectivity index (χ1) is 8.08. The van der Waals surface area contributed by atoms with E-state index in [9.17, 15) is 9.59 Å². The van der Waals surface area contributed by atoms with E-state index in [2.05, 4.69) is 4.98 Å². The second kappa shape index (κ2) is 4.84. The summed E-state index contributed by atoms with van der Waals surface area (Å²) in [4.78, 5) is 26.8. The zero-order valence-electron chi connectivity index (χ0n) is 9.23. The third-order valence-electron chi connectivity index (χ3n) is 3.21. The van der Waals surface area contributed by atoms with Crippen LogP contribution < -0.4 is 5.73 Å². The molecule has 5 heteroatoms. The van der Waals surface area contributed by atoms with Crippen LogP contribution in [0.3, 0.4) is 0 Å². The first kappa shape index (κ1) is 12.0. The average molecular weight is 253 g/mol. The monoisotopic (exact) mass is 252 g/mol. The predicted molar refractivity (Wildman–Crippen MR) is 63.5 cm³/mol. The first-order valence-electron chi connectivity index (χ1n) is 5.50. The van der Waals surface area contributed by atoms with Crippen LogP contribution >= 0.6 is 11.6 Å². The van der Waals surface area contributed by atoms with Gasteiger partial charge in [0.2, 0.25) is 5.91 Å². The van der Waals surface area contributed by atoms with E-state index in [4.69, 9.17) is 17.3 Å². The maximum atomic E-state index is 11.5. The lowest BCUT2D eigenvalue weighted by atomic mass is 9.75. The summed E-state index contributed by atoms with van der Waals surface area (Å²) in [6.45, 7) is 0. The molecule has 0 unspecified atom stereocenters. The summed E-state index contributed by atoms with van der Waals surface area (Å²) in [5, 5.41) is 0.395. The van der Waals surface area contributed by atoms with Crippen molar-refractivity contribution < 1.29 is 9.59 Å². The third kappa shape index (κ3) is 2.64. The summed E-state index contributed by atoms with van der Waals surface area (Å²) in [7, 11) is 0. The molecule has 4 nitrogen and oxygen atoms in total. The van der Waals surface area contributed by atoms with Gasteiger partial charge in [0.1, 0.15) is 10.9 Å². The van der Waals surface area contributed by atoms with Gasteiger partial charge in [0.15, 0.2) is 0 Å². The van der Waals surface area contributed by atoms with E-state index < -0.39 is 0 Å². The quantitative estimate of drug-likeness (QED) is 0.814. The van der Waals surface area contributed by atoms with Crippen molar-refractivity contribution in [1.29, 1.82) is 0 Å². The van der Waals surface area contributed by atoms with Gasteiger partial charge in [-0.15, -0.1) is 0 Å². The second-order valence-electron chi connectivity index (χ2n) is 4.31. The second-order valence-corrected chi connectivity index (χ2v) is 4.70. The number of nitrogens with zero attached hydrogens (tertiary/aromatic N) is 1. The first-order valence-corrected chi connectivity index (χ1v) is 5.88. The number of nitrogens with two attached hydrogens (primary N) is 1. The summed E-state index contributed by atoms with van der Waals surface area (Å²) < 4.78 is 0. The number of halogens is 1. The van der Waals surface area contributed by atoms with Crippen molar-refractivity contribution in [3.05, 3.63) is 29.0 Å². The number of carbonyl (C=O) groups excluding carboxylic acids is 2. The van der Waals surface area contributed by atoms with Gasteiger partial charge in [-0.3, -0.25) is 9.59 Å². The Hall–Kier alpha value is -1.42. The van der Waals surface area contributed by atoms with Gasteiger partial charge in [-0.1, -0.05) is 17.7 Å². The van der Waals surface area contributed by atoms with Crippen LogP contribution in [-0.2, 0) is 9.59 Å². The Morgan fingerprint density at radius 1 is 1.47 bits per heavy atom. The van der Waals surface area contributed by atoms with E-state index >= 15 is 0 Å². The molecular formula is C12H13ClN2O2. The van der Waals surface area contributed by atoms with E-state index in [1.807, 2.05) is 0 Å². The lowest BCUT2D eigenvalue weighted by Gasteiger charge is -2.28. The number of primary amides is 1. The Kier molecular flexibility index (Phi) is 3.43. The van der Waals surface area contributed by atoms with Gasteiger partial charge in [-0.05, 0) is 18.1 Å². The number of pyridine rings is 1. The van der Waals surface area contributed by atoms with Crippen molar-refractivity contribution in [3.63, 3.8) is 0 Å². The molecule has 2 rings (SSSR count). The fourth-order valence-electron chi connectivity index (χ4n) is 2.30. The van der Waals surface area contributed by atoms with Gasteiger partial charge < -0.3 is 5.73 Å². The molecule has 0 radical (unpaired) electrons. The number of aromatic nitrogens is 1. The van der Waals surface area contributed by atoms with Gasteiger partial charge in [0.25, 0.3) is 0 Å². The molecule has 1 fully saturated rings. The number of hydrogen-bond acceptors (Lipinski definition) is 3. The highest BCUT2D eigenvalue weighted by molar-refractivity contribution is 6.29. The Morgan fingerprint density at radius 3 is 2.82 bits per heavy atom. The van der Waals surface area contributed by atoms with E-state index in [0.717, 1.165) is 5.56 Å². The molecule has 1 aliphatic carbocycles. The number of amides is 1. The van der Waals surface area contributed by atoms with Crippen LogP contribution in [0.25, 0.3) is 0 Å². The molecule has 90 valence electrons. The molecular weight excluding hydrogens is 240 g/mol. The third-order valence-corrected chi connectivity index (χ3v) is 3.43. The van der Waals surface area contributed by atoms with Gasteiger partial charge in [0, 0.05) is 30.9 Å². The standard InChI is InChI=1S/C12H13ClN2O2/c13-11-4-1-7(6-15-11)10-5-8(16)2-3-9(10)12(14)17/h1,4,6,9-10H,2-3,5H2,(H2,14,17)/t9-,10-/m1/s1.